The molecule has 3 heterocycles. The lowest BCUT2D eigenvalue weighted by Crippen LogP contribution is -2.17. The van der Waals surface area contributed by atoms with Crippen LogP contribution in [0.1, 0.15) is 18.5 Å². The van der Waals surface area contributed by atoms with Crippen molar-refractivity contribution in [3.8, 4) is 0 Å². The Morgan fingerprint density at radius 1 is 1.55 bits per heavy atom. The Morgan fingerprint density at radius 2 is 2.35 bits per heavy atom. The number of rotatable bonds is 3. The van der Waals surface area contributed by atoms with E-state index in [0.717, 1.165) is 0 Å². The van der Waals surface area contributed by atoms with Gasteiger partial charge in [0.05, 0.1) is 19.0 Å². The number of nitrogens with one attached hydrogen (secondary N) is 1. The summed E-state index contributed by atoms with van der Waals surface area (Å²) in [6, 6.07) is 0. The second kappa shape index (κ2) is 4.95. The van der Waals surface area contributed by atoms with E-state index in [1.54, 1.807) is 18.5 Å². The van der Waals surface area contributed by atoms with Crippen LogP contribution in [-0.2, 0) is 4.74 Å². The fraction of sp³-hybridized carbons (Fsp3) is 0.583. The highest BCUT2D eigenvalue weighted by atomic mass is 19.1. The fourth-order valence-electron chi connectivity index (χ4n) is 2.45. The molecule has 1 fully saturated rings. The smallest absolute Gasteiger partial charge is 0.168 e. The van der Waals surface area contributed by atoms with Crippen LogP contribution < -0.4 is 5.32 Å². The highest BCUT2D eigenvalue weighted by molar-refractivity contribution is 5.82. The van der Waals surface area contributed by atoms with Crippen molar-refractivity contribution >= 4 is 17.0 Å². The van der Waals surface area contributed by atoms with Crippen LogP contribution in [0.15, 0.2) is 6.33 Å². The molecular formula is C12H16FN5O2. The summed E-state index contributed by atoms with van der Waals surface area (Å²) < 4.78 is 21.1. The summed E-state index contributed by atoms with van der Waals surface area (Å²) in [5.41, 5.74) is 1.09. The van der Waals surface area contributed by atoms with Crippen molar-refractivity contribution in [1.29, 1.82) is 0 Å². The minimum atomic E-state index is -1.20. The molecule has 2 N–H and O–H groups in total. The average Bonchev–Trinajstić information content (AvgIpc) is 3.00. The molecule has 3 atom stereocenters. The van der Waals surface area contributed by atoms with Gasteiger partial charge in [0.15, 0.2) is 23.2 Å². The van der Waals surface area contributed by atoms with Crippen molar-refractivity contribution in [1.82, 2.24) is 19.5 Å². The number of ether oxygens (including phenoxy) is 1. The molecule has 20 heavy (non-hydrogen) atoms. The Kier molecular flexibility index (Phi) is 3.27. The van der Waals surface area contributed by atoms with Gasteiger partial charge < -0.3 is 15.2 Å². The van der Waals surface area contributed by atoms with Crippen molar-refractivity contribution in [2.24, 2.45) is 0 Å². The number of hydrogen-bond acceptors (Lipinski definition) is 6. The largest absolute Gasteiger partial charge is 0.394 e. The number of halogens is 1. The summed E-state index contributed by atoms with van der Waals surface area (Å²) in [4.78, 5) is 12.8. The van der Waals surface area contributed by atoms with E-state index in [2.05, 4.69) is 20.3 Å². The molecule has 3 rings (SSSR count). The molecule has 7 nitrogen and oxygen atoms in total. The minimum Gasteiger partial charge on any atom is -0.394 e. The van der Waals surface area contributed by atoms with E-state index in [9.17, 15) is 4.39 Å². The van der Waals surface area contributed by atoms with E-state index in [0.29, 0.717) is 22.8 Å². The third-order valence-electron chi connectivity index (χ3n) is 3.38. The molecular weight excluding hydrogens is 265 g/mol. The standard InChI is InChI=1S/C12H16FN5O2/c1-6-16-10(14-2)9-11(17-6)18(5-15-9)12-8(13)3-7(4-19)20-12/h5,7-8,12,19H,3-4H2,1-2H3,(H,14,16,17)/t7-,8-,12+/m0/s1. The predicted molar refractivity (Wildman–Crippen MR) is 70.1 cm³/mol. The number of hydrogen-bond donors (Lipinski definition) is 2. The van der Waals surface area contributed by atoms with Crippen molar-refractivity contribution in [3.63, 3.8) is 0 Å². The van der Waals surface area contributed by atoms with E-state index >= 15 is 0 Å². The zero-order valence-corrected chi connectivity index (χ0v) is 11.2. The van der Waals surface area contributed by atoms with Gasteiger partial charge in [-0.25, -0.2) is 19.3 Å². The lowest BCUT2D eigenvalue weighted by Gasteiger charge is -2.15. The molecule has 0 radical (unpaired) electrons. The van der Waals surface area contributed by atoms with Gasteiger partial charge in [0.2, 0.25) is 0 Å². The molecule has 108 valence electrons. The number of aliphatic hydroxyl groups excluding tert-OH is 1. The van der Waals surface area contributed by atoms with Crippen molar-refractivity contribution in [3.05, 3.63) is 12.2 Å². The normalized spacial score (nSPS) is 26.3. The van der Waals surface area contributed by atoms with Crippen molar-refractivity contribution < 1.29 is 14.2 Å². The highest BCUT2D eigenvalue weighted by Gasteiger charge is 2.37. The van der Waals surface area contributed by atoms with Crippen molar-refractivity contribution in [2.75, 3.05) is 19.0 Å². The van der Waals surface area contributed by atoms with Crippen LogP contribution in [0, 0.1) is 6.92 Å². The van der Waals surface area contributed by atoms with Crippen LogP contribution >= 0.6 is 0 Å². The SMILES string of the molecule is CNc1nc(C)nc2c1ncn2[C@@H]1O[C@H](CO)C[C@@H]1F. The monoisotopic (exact) mass is 281 g/mol. The van der Waals surface area contributed by atoms with Crippen LogP contribution in [-0.4, -0.2) is 50.6 Å². The number of nitrogens with zero attached hydrogens (tertiary/aromatic N) is 4. The fourth-order valence-corrected chi connectivity index (χ4v) is 2.45. The molecule has 0 aliphatic carbocycles. The molecule has 2 aromatic rings. The zero-order chi connectivity index (χ0) is 14.3. The summed E-state index contributed by atoms with van der Waals surface area (Å²) in [6.07, 6.45) is -0.825. The van der Waals surface area contributed by atoms with Crippen LogP contribution in [0.25, 0.3) is 11.2 Å². The molecule has 2 aromatic heterocycles. The first kappa shape index (κ1) is 13.2. The number of aromatic nitrogens is 4. The van der Waals surface area contributed by atoms with E-state index in [1.165, 1.54) is 6.33 Å². The molecule has 0 amide bonds. The second-order valence-corrected chi connectivity index (χ2v) is 4.78. The van der Waals surface area contributed by atoms with Gasteiger partial charge in [0, 0.05) is 13.5 Å². The molecule has 1 aliphatic heterocycles. The van der Waals surface area contributed by atoms with Gasteiger partial charge in [-0.3, -0.25) is 4.57 Å². The van der Waals surface area contributed by atoms with E-state index in [1.807, 2.05) is 0 Å². The summed E-state index contributed by atoms with van der Waals surface area (Å²) in [6.45, 7) is 1.57. The summed E-state index contributed by atoms with van der Waals surface area (Å²) in [7, 11) is 1.74. The number of alkyl halides is 1. The predicted octanol–water partition coefficient (Wildman–Crippen LogP) is 0.794. The Balaban J connectivity index is 2.07. The first-order valence-corrected chi connectivity index (χ1v) is 6.43. The highest BCUT2D eigenvalue weighted by Crippen LogP contribution is 2.33. The molecule has 0 aromatic carbocycles. The molecule has 0 spiro atoms. The van der Waals surface area contributed by atoms with Crippen molar-refractivity contribution in [2.45, 2.75) is 31.8 Å². The molecule has 1 saturated heterocycles. The van der Waals surface area contributed by atoms with Gasteiger partial charge in [-0.1, -0.05) is 0 Å². The second-order valence-electron chi connectivity index (χ2n) is 4.78. The minimum absolute atomic E-state index is 0.170. The number of anilines is 1. The molecule has 0 saturated carbocycles. The molecule has 1 aliphatic rings. The van der Waals surface area contributed by atoms with E-state index in [4.69, 9.17) is 9.84 Å². The number of fused-ring (bicyclic) bond motifs is 1. The first-order valence-electron chi connectivity index (χ1n) is 6.43. The Hall–Kier alpha value is -1.80. The first-order chi connectivity index (χ1) is 9.63. The van der Waals surface area contributed by atoms with Crippen LogP contribution in [0.4, 0.5) is 10.2 Å². The number of imidazole rings is 1. The Morgan fingerprint density at radius 3 is 3.00 bits per heavy atom. The summed E-state index contributed by atoms with van der Waals surface area (Å²) >= 11 is 0. The lowest BCUT2D eigenvalue weighted by atomic mass is 10.2. The quantitative estimate of drug-likeness (QED) is 0.865. The van der Waals surface area contributed by atoms with Crippen LogP contribution in [0.2, 0.25) is 0 Å². The maximum Gasteiger partial charge on any atom is 0.168 e. The topological polar surface area (TPSA) is 85.1 Å². The van der Waals surface area contributed by atoms with Gasteiger partial charge in [0.1, 0.15) is 12.0 Å². The van der Waals surface area contributed by atoms with Gasteiger partial charge in [-0.05, 0) is 6.92 Å². The number of aliphatic hydroxyl groups is 1. The summed E-state index contributed by atoms with van der Waals surface area (Å²) in [5, 5.41) is 12.0. The Bertz CT molecular complexity index is 632. The average molecular weight is 281 g/mol. The maximum atomic E-state index is 14.1. The molecule has 0 bridgehead atoms. The van der Waals surface area contributed by atoms with Gasteiger partial charge in [-0.15, -0.1) is 0 Å². The molecule has 8 heteroatoms. The van der Waals surface area contributed by atoms with Gasteiger partial charge >= 0.3 is 0 Å². The van der Waals surface area contributed by atoms with E-state index in [-0.39, 0.29) is 13.0 Å². The maximum absolute atomic E-state index is 14.1. The van der Waals surface area contributed by atoms with E-state index < -0.39 is 18.5 Å². The number of aryl methyl sites for hydroxylation is 1. The molecule has 0 unspecified atom stereocenters. The van der Waals surface area contributed by atoms with Crippen LogP contribution in [0.5, 0.6) is 0 Å². The van der Waals surface area contributed by atoms with Gasteiger partial charge in [0.25, 0.3) is 0 Å². The lowest BCUT2D eigenvalue weighted by molar-refractivity contribution is -0.0351. The Labute approximate surface area is 114 Å². The third kappa shape index (κ3) is 2.01. The van der Waals surface area contributed by atoms with Gasteiger partial charge in [-0.2, -0.15) is 0 Å². The summed E-state index contributed by atoms with van der Waals surface area (Å²) in [5.74, 6) is 1.16. The third-order valence-corrected chi connectivity index (χ3v) is 3.38. The zero-order valence-electron chi connectivity index (χ0n) is 11.2. The van der Waals surface area contributed by atoms with Crippen LogP contribution in [0.3, 0.4) is 0 Å².